The second-order valence-corrected chi connectivity index (χ2v) is 7.94. The summed E-state index contributed by atoms with van der Waals surface area (Å²) in [7, 11) is -0.382. The average molecular weight is 363 g/mol. The molecule has 8 nitrogen and oxygen atoms in total. The van der Waals surface area contributed by atoms with E-state index in [9.17, 15) is 13.2 Å². The van der Waals surface area contributed by atoms with E-state index in [4.69, 9.17) is 0 Å². The van der Waals surface area contributed by atoms with Crippen LogP contribution in [0.4, 0.5) is 0 Å². The molecule has 1 atom stereocenters. The van der Waals surface area contributed by atoms with Crippen LogP contribution < -0.4 is 5.32 Å². The van der Waals surface area contributed by atoms with Crippen molar-refractivity contribution in [2.45, 2.75) is 30.8 Å². The summed E-state index contributed by atoms with van der Waals surface area (Å²) < 4.78 is 28.9. The van der Waals surface area contributed by atoms with Gasteiger partial charge in [-0.3, -0.25) is 9.78 Å². The number of hydrogen-bond acceptors (Lipinski definition) is 5. The number of aryl methyl sites for hydroxylation is 2. The maximum absolute atomic E-state index is 12.9. The molecule has 25 heavy (non-hydrogen) atoms. The Hall–Kier alpha value is -2.26. The standard InChI is InChI=1S/C16H21N5O3S/c1-11-12(16(22)17-2)6-7-13(19-11)14-5-4-8-21(14)25(23,24)15-9-20(3)10-18-15/h6-7,9-10,14H,4-5,8H2,1-3H3,(H,17,22). The van der Waals surface area contributed by atoms with Crippen molar-refractivity contribution in [3.8, 4) is 0 Å². The minimum atomic E-state index is -3.68. The van der Waals surface area contributed by atoms with Crippen LogP contribution in [0.25, 0.3) is 0 Å². The van der Waals surface area contributed by atoms with Crippen molar-refractivity contribution in [3.63, 3.8) is 0 Å². The van der Waals surface area contributed by atoms with Gasteiger partial charge < -0.3 is 9.88 Å². The van der Waals surface area contributed by atoms with Gasteiger partial charge in [-0.05, 0) is 31.9 Å². The van der Waals surface area contributed by atoms with Crippen molar-refractivity contribution in [1.29, 1.82) is 0 Å². The summed E-state index contributed by atoms with van der Waals surface area (Å²) in [6.07, 6.45) is 4.42. The van der Waals surface area contributed by atoms with E-state index in [0.717, 1.165) is 6.42 Å². The van der Waals surface area contributed by atoms with E-state index in [1.165, 1.54) is 16.8 Å². The van der Waals surface area contributed by atoms with Crippen LogP contribution in [-0.4, -0.2) is 46.8 Å². The van der Waals surface area contributed by atoms with Crippen LogP contribution in [0, 0.1) is 6.92 Å². The van der Waals surface area contributed by atoms with Crippen molar-refractivity contribution >= 4 is 15.9 Å². The van der Waals surface area contributed by atoms with Crippen LogP contribution in [0.2, 0.25) is 0 Å². The topological polar surface area (TPSA) is 97.2 Å². The Morgan fingerprint density at radius 3 is 2.72 bits per heavy atom. The van der Waals surface area contributed by atoms with Gasteiger partial charge >= 0.3 is 0 Å². The number of sulfonamides is 1. The van der Waals surface area contributed by atoms with E-state index in [2.05, 4.69) is 15.3 Å². The summed E-state index contributed by atoms with van der Waals surface area (Å²) in [4.78, 5) is 20.3. The smallest absolute Gasteiger partial charge is 0.262 e. The highest BCUT2D eigenvalue weighted by Crippen LogP contribution is 2.35. The lowest BCUT2D eigenvalue weighted by molar-refractivity contribution is 0.0962. The molecule has 0 radical (unpaired) electrons. The van der Waals surface area contributed by atoms with Crippen molar-refractivity contribution in [2.75, 3.05) is 13.6 Å². The summed E-state index contributed by atoms with van der Waals surface area (Å²) in [5.41, 5.74) is 1.73. The van der Waals surface area contributed by atoms with Gasteiger partial charge in [0.2, 0.25) is 0 Å². The van der Waals surface area contributed by atoms with Gasteiger partial charge in [-0.25, -0.2) is 13.4 Å². The Bertz CT molecular complexity index is 906. The molecular formula is C16H21N5O3S. The first-order chi connectivity index (χ1) is 11.8. The highest BCUT2D eigenvalue weighted by Gasteiger charge is 2.38. The van der Waals surface area contributed by atoms with Gasteiger partial charge in [-0.15, -0.1) is 0 Å². The molecule has 3 heterocycles. The quantitative estimate of drug-likeness (QED) is 0.874. The first kappa shape index (κ1) is 17.6. The molecule has 1 saturated heterocycles. The van der Waals surface area contributed by atoms with Crippen molar-refractivity contribution in [1.82, 2.24) is 24.2 Å². The Kier molecular flexibility index (Phi) is 4.61. The number of aromatic nitrogens is 3. The number of carbonyl (C=O) groups is 1. The van der Waals surface area contributed by atoms with Gasteiger partial charge in [0.25, 0.3) is 15.9 Å². The number of hydrogen-bond donors (Lipinski definition) is 1. The van der Waals surface area contributed by atoms with Crippen LogP contribution in [0.3, 0.4) is 0 Å². The maximum atomic E-state index is 12.9. The molecule has 2 aromatic heterocycles. The predicted molar refractivity (Wildman–Crippen MR) is 91.4 cm³/mol. The fraction of sp³-hybridized carbons (Fsp3) is 0.438. The number of amides is 1. The van der Waals surface area contributed by atoms with Crippen LogP contribution in [0.15, 0.2) is 29.7 Å². The van der Waals surface area contributed by atoms with Crippen molar-refractivity contribution in [2.24, 2.45) is 7.05 Å². The van der Waals surface area contributed by atoms with Crippen LogP contribution in [0.5, 0.6) is 0 Å². The molecule has 2 aromatic rings. The minimum absolute atomic E-state index is 0.0422. The van der Waals surface area contributed by atoms with E-state index >= 15 is 0 Å². The lowest BCUT2D eigenvalue weighted by Crippen LogP contribution is -2.31. The fourth-order valence-corrected chi connectivity index (χ4v) is 4.74. The average Bonchev–Trinajstić information content (AvgIpc) is 3.23. The summed E-state index contributed by atoms with van der Waals surface area (Å²) in [5, 5.41) is 2.61. The Morgan fingerprint density at radius 2 is 2.12 bits per heavy atom. The molecule has 0 aromatic carbocycles. The third-order valence-electron chi connectivity index (χ3n) is 4.38. The largest absolute Gasteiger partial charge is 0.355 e. The summed E-state index contributed by atoms with van der Waals surface area (Å²) in [6.45, 7) is 2.18. The minimum Gasteiger partial charge on any atom is -0.355 e. The third kappa shape index (κ3) is 3.16. The van der Waals surface area contributed by atoms with Gasteiger partial charge in [0.05, 0.1) is 29.3 Å². The molecule has 1 unspecified atom stereocenters. The number of nitrogens with zero attached hydrogens (tertiary/aromatic N) is 4. The van der Waals surface area contributed by atoms with E-state index in [-0.39, 0.29) is 17.0 Å². The maximum Gasteiger partial charge on any atom is 0.262 e. The van der Waals surface area contributed by atoms with Crippen LogP contribution >= 0.6 is 0 Å². The highest BCUT2D eigenvalue weighted by molar-refractivity contribution is 7.89. The Labute approximate surface area is 146 Å². The number of carbonyl (C=O) groups excluding carboxylic acids is 1. The van der Waals surface area contributed by atoms with Gasteiger partial charge in [0.15, 0.2) is 5.03 Å². The molecule has 1 aliphatic rings. The zero-order chi connectivity index (χ0) is 18.2. The Morgan fingerprint density at radius 1 is 1.36 bits per heavy atom. The molecule has 3 rings (SSSR count). The van der Waals surface area contributed by atoms with Crippen LogP contribution in [0.1, 0.15) is 40.6 Å². The second-order valence-electron chi connectivity index (χ2n) is 6.10. The normalized spacial score (nSPS) is 18.4. The SMILES string of the molecule is CNC(=O)c1ccc(C2CCCN2S(=O)(=O)c2cn(C)cn2)nc1C. The zero-order valence-electron chi connectivity index (χ0n) is 14.4. The zero-order valence-corrected chi connectivity index (χ0v) is 15.2. The lowest BCUT2D eigenvalue weighted by Gasteiger charge is -2.23. The first-order valence-electron chi connectivity index (χ1n) is 8.04. The highest BCUT2D eigenvalue weighted by atomic mass is 32.2. The lowest BCUT2D eigenvalue weighted by atomic mass is 10.1. The fourth-order valence-electron chi connectivity index (χ4n) is 3.11. The monoisotopic (exact) mass is 363 g/mol. The van der Waals surface area contributed by atoms with Crippen molar-refractivity contribution in [3.05, 3.63) is 41.6 Å². The van der Waals surface area contributed by atoms with Gasteiger partial charge in [0, 0.05) is 26.8 Å². The Balaban J connectivity index is 1.94. The van der Waals surface area contributed by atoms with Gasteiger partial charge in [-0.1, -0.05) is 0 Å². The molecule has 1 amide bonds. The van der Waals surface area contributed by atoms with Crippen LogP contribution in [-0.2, 0) is 17.1 Å². The summed E-state index contributed by atoms with van der Waals surface area (Å²) in [6, 6.07) is 3.08. The molecule has 0 saturated carbocycles. The molecule has 1 N–H and O–H groups in total. The molecule has 134 valence electrons. The molecule has 0 spiro atoms. The molecule has 0 bridgehead atoms. The van der Waals surface area contributed by atoms with Gasteiger partial charge in [0.1, 0.15) is 0 Å². The molecule has 1 aliphatic heterocycles. The number of imidazole rings is 1. The molecule has 1 fully saturated rings. The van der Waals surface area contributed by atoms with E-state index in [1.807, 2.05) is 0 Å². The van der Waals surface area contributed by atoms with E-state index in [1.54, 1.807) is 37.7 Å². The number of rotatable bonds is 4. The predicted octanol–water partition coefficient (Wildman–Crippen LogP) is 1.01. The first-order valence-corrected chi connectivity index (χ1v) is 9.48. The second kappa shape index (κ2) is 6.57. The third-order valence-corrected chi connectivity index (χ3v) is 6.17. The summed E-state index contributed by atoms with van der Waals surface area (Å²) >= 11 is 0. The summed E-state index contributed by atoms with van der Waals surface area (Å²) in [5.74, 6) is -0.207. The molecule has 0 aliphatic carbocycles. The number of pyridine rings is 1. The number of nitrogens with one attached hydrogen (secondary N) is 1. The van der Waals surface area contributed by atoms with E-state index < -0.39 is 10.0 Å². The van der Waals surface area contributed by atoms with Crippen molar-refractivity contribution < 1.29 is 13.2 Å². The van der Waals surface area contributed by atoms with Gasteiger partial charge in [-0.2, -0.15) is 4.31 Å². The van der Waals surface area contributed by atoms with E-state index in [0.29, 0.717) is 29.9 Å². The molecular weight excluding hydrogens is 342 g/mol. The molecule has 9 heteroatoms.